The molecule has 0 aromatic heterocycles. The van der Waals surface area contributed by atoms with E-state index in [1.807, 2.05) is 12.1 Å². The van der Waals surface area contributed by atoms with Gasteiger partial charge in [-0.2, -0.15) is 5.11 Å². The first-order valence-corrected chi connectivity index (χ1v) is 5.10. The smallest absolute Gasteiger partial charge is 0.178 e. The first-order valence-electron chi connectivity index (χ1n) is 5.10. The quantitative estimate of drug-likeness (QED) is 0.669. The van der Waals surface area contributed by atoms with E-state index in [2.05, 4.69) is 48.1 Å². The van der Waals surface area contributed by atoms with Gasteiger partial charge in [-0.3, -0.25) is 0 Å². The van der Waals surface area contributed by atoms with Crippen LogP contribution in [0.1, 0.15) is 31.9 Å². The second kappa shape index (κ2) is 3.57. The molecule has 0 atom stereocenters. The predicted molar refractivity (Wildman–Crippen MR) is 61.4 cm³/mol. The van der Waals surface area contributed by atoms with Crippen LogP contribution < -0.4 is 0 Å². The third-order valence-corrected chi connectivity index (χ3v) is 2.44. The molecule has 1 aliphatic heterocycles. The molecular weight excluding hydrogens is 186 g/mol. The lowest BCUT2D eigenvalue weighted by Crippen LogP contribution is -2.11. The number of hydrogen-bond donors (Lipinski definition) is 0. The molecular formula is C12H15N3. The second-order valence-electron chi connectivity index (χ2n) is 4.70. The van der Waals surface area contributed by atoms with Gasteiger partial charge in [-0.1, -0.05) is 39.0 Å². The van der Waals surface area contributed by atoms with Gasteiger partial charge >= 0.3 is 0 Å². The van der Waals surface area contributed by atoms with Crippen LogP contribution in [0.4, 0.5) is 0 Å². The van der Waals surface area contributed by atoms with Gasteiger partial charge in [-0.25, -0.2) is 4.99 Å². The lowest BCUT2D eigenvalue weighted by Gasteiger charge is -2.19. The van der Waals surface area contributed by atoms with Gasteiger partial charge in [0.1, 0.15) is 0 Å². The summed E-state index contributed by atoms with van der Waals surface area (Å²) in [6.07, 6.45) is 0. The molecule has 0 amide bonds. The Morgan fingerprint density at radius 3 is 2.60 bits per heavy atom. The van der Waals surface area contributed by atoms with E-state index < -0.39 is 0 Å². The largest absolute Gasteiger partial charge is 0.239 e. The highest BCUT2D eigenvalue weighted by Crippen LogP contribution is 2.23. The second-order valence-corrected chi connectivity index (χ2v) is 4.70. The summed E-state index contributed by atoms with van der Waals surface area (Å²) in [5, 5.41) is 7.86. The zero-order valence-electron chi connectivity index (χ0n) is 9.36. The van der Waals surface area contributed by atoms with Gasteiger partial charge < -0.3 is 0 Å². The Labute approximate surface area is 90.0 Å². The van der Waals surface area contributed by atoms with E-state index >= 15 is 0 Å². The number of aliphatic imine (C=N–C) groups is 1. The summed E-state index contributed by atoms with van der Waals surface area (Å²) in [6, 6.07) is 8.35. The van der Waals surface area contributed by atoms with E-state index in [0.29, 0.717) is 6.67 Å². The van der Waals surface area contributed by atoms with Crippen molar-refractivity contribution in [2.45, 2.75) is 26.2 Å². The van der Waals surface area contributed by atoms with E-state index in [9.17, 15) is 0 Å². The molecule has 1 aromatic rings. The molecule has 0 radical (unpaired) electrons. The molecule has 1 heterocycles. The number of rotatable bonds is 1. The van der Waals surface area contributed by atoms with Crippen LogP contribution in [0.25, 0.3) is 0 Å². The van der Waals surface area contributed by atoms with Crippen molar-refractivity contribution < 1.29 is 0 Å². The molecule has 0 fully saturated rings. The number of nitrogens with zero attached hydrogens (tertiary/aromatic N) is 3. The molecule has 0 N–H and O–H groups in total. The summed E-state index contributed by atoms with van der Waals surface area (Å²) in [4.78, 5) is 4.21. The van der Waals surface area contributed by atoms with Crippen molar-refractivity contribution in [2.24, 2.45) is 15.2 Å². The Bertz CT molecular complexity index is 425. The van der Waals surface area contributed by atoms with Crippen molar-refractivity contribution >= 4 is 5.84 Å². The first kappa shape index (κ1) is 10.0. The maximum Gasteiger partial charge on any atom is 0.178 e. The van der Waals surface area contributed by atoms with Gasteiger partial charge in [0.2, 0.25) is 0 Å². The predicted octanol–water partition coefficient (Wildman–Crippen LogP) is 3.15. The third kappa shape index (κ3) is 2.12. The molecule has 0 saturated heterocycles. The van der Waals surface area contributed by atoms with Crippen LogP contribution in [0.2, 0.25) is 0 Å². The number of azo groups is 1. The molecule has 0 unspecified atom stereocenters. The fourth-order valence-corrected chi connectivity index (χ4v) is 1.50. The fourth-order valence-electron chi connectivity index (χ4n) is 1.50. The van der Waals surface area contributed by atoms with Crippen molar-refractivity contribution in [2.75, 3.05) is 6.67 Å². The Balaban J connectivity index is 2.39. The van der Waals surface area contributed by atoms with Crippen LogP contribution in [0, 0.1) is 0 Å². The van der Waals surface area contributed by atoms with Crippen LogP contribution in [-0.2, 0) is 5.41 Å². The van der Waals surface area contributed by atoms with Crippen molar-refractivity contribution in [3.63, 3.8) is 0 Å². The highest BCUT2D eigenvalue weighted by molar-refractivity contribution is 5.99. The van der Waals surface area contributed by atoms with Gasteiger partial charge in [0.25, 0.3) is 0 Å². The van der Waals surface area contributed by atoms with Crippen molar-refractivity contribution in [1.29, 1.82) is 0 Å². The van der Waals surface area contributed by atoms with Gasteiger partial charge in [0.15, 0.2) is 12.5 Å². The number of amidine groups is 1. The summed E-state index contributed by atoms with van der Waals surface area (Å²) >= 11 is 0. The highest BCUT2D eigenvalue weighted by Gasteiger charge is 2.15. The van der Waals surface area contributed by atoms with Crippen LogP contribution in [0.3, 0.4) is 0 Å². The molecule has 15 heavy (non-hydrogen) atoms. The standard InChI is InChI=1S/C12H15N3/c1-12(2,3)10-6-4-5-9(7-10)11-13-8-14-15-11/h4-7H,8H2,1-3H3. The number of benzene rings is 1. The fraction of sp³-hybridized carbons (Fsp3) is 0.417. The number of hydrogen-bond acceptors (Lipinski definition) is 3. The summed E-state index contributed by atoms with van der Waals surface area (Å²) in [7, 11) is 0. The van der Waals surface area contributed by atoms with Crippen LogP contribution >= 0.6 is 0 Å². The average Bonchev–Trinajstić information content (AvgIpc) is 2.69. The van der Waals surface area contributed by atoms with Crippen LogP contribution in [0.5, 0.6) is 0 Å². The molecule has 3 nitrogen and oxygen atoms in total. The van der Waals surface area contributed by atoms with Gasteiger partial charge in [-0.15, -0.1) is 5.11 Å². The minimum absolute atomic E-state index is 0.159. The summed E-state index contributed by atoms with van der Waals surface area (Å²) in [5.41, 5.74) is 2.51. The van der Waals surface area contributed by atoms with E-state index in [0.717, 1.165) is 11.4 Å². The third-order valence-electron chi connectivity index (χ3n) is 2.44. The zero-order valence-corrected chi connectivity index (χ0v) is 9.36. The molecule has 0 aliphatic carbocycles. The first-order chi connectivity index (χ1) is 7.07. The Morgan fingerprint density at radius 1 is 1.20 bits per heavy atom. The van der Waals surface area contributed by atoms with Crippen LogP contribution in [-0.4, -0.2) is 12.5 Å². The van der Waals surface area contributed by atoms with Crippen molar-refractivity contribution in [3.05, 3.63) is 35.4 Å². The van der Waals surface area contributed by atoms with Gasteiger partial charge in [0, 0.05) is 5.56 Å². The topological polar surface area (TPSA) is 37.1 Å². The normalized spacial score (nSPS) is 15.5. The maximum absolute atomic E-state index is 4.21. The maximum atomic E-state index is 4.21. The van der Waals surface area contributed by atoms with E-state index in [4.69, 9.17) is 0 Å². The zero-order chi connectivity index (χ0) is 10.9. The molecule has 1 aromatic carbocycles. The Morgan fingerprint density at radius 2 is 2.00 bits per heavy atom. The lowest BCUT2D eigenvalue weighted by molar-refractivity contribution is 0.590. The lowest BCUT2D eigenvalue weighted by atomic mass is 9.86. The summed E-state index contributed by atoms with van der Waals surface area (Å²) < 4.78 is 0. The van der Waals surface area contributed by atoms with Crippen LogP contribution in [0.15, 0.2) is 39.5 Å². The van der Waals surface area contributed by atoms with Crippen molar-refractivity contribution in [1.82, 2.24) is 0 Å². The minimum atomic E-state index is 0.159. The molecule has 1 aliphatic rings. The van der Waals surface area contributed by atoms with Gasteiger partial charge in [0.05, 0.1) is 0 Å². The highest BCUT2D eigenvalue weighted by atomic mass is 15.2. The Hall–Kier alpha value is -1.51. The summed E-state index contributed by atoms with van der Waals surface area (Å²) in [5.74, 6) is 0.751. The monoisotopic (exact) mass is 201 g/mol. The molecule has 78 valence electrons. The SMILES string of the molecule is CC(C)(C)c1cccc(C2=NCN=N2)c1. The van der Waals surface area contributed by atoms with Crippen molar-refractivity contribution in [3.8, 4) is 0 Å². The molecule has 0 bridgehead atoms. The van der Waals surface area contributed by atoms with E-state index in [-0.39, 0.29) is 5.41 Å². The molecule has 0 saturated carbocycles. The van der Waals surface area contributed by atoms with E-state index in [1.54, 1.807) is 0 Å². The molecule has 2 rings (SSSR count). The Kier molecular flexibility index (Phi) is 2.39. The molecule has 3 heteroatoms. The molecule has 0 spiro atoms. The average molecular weight is 201 g/mol. The van der Waals surface area contributed by atoms with E-state index in [1.165, 1.54) is 5.56 Å². The summed E-state index contributed by atoms with van der Waals surface area (Å²) in [6.45, 7) is 7.06. The minimum Gasteiger partial charge on any atom is -0.239 e. The van der Waals surface area contributed by atoms with Gasteiger partial charge in [-0.05, 0) is 17.0 Å².